The molecule has 1 spiro atoms. The van der Waals surface area contributed by atoms with Gasteiger partial charge in [0.25, 0.3) is 5.95 Å². The van der Waals surface area contributed by atoms with E-state index in [-0.39, 0.29) is 55.9 Å². The first-order valence-electron chi connectivity index (χ1n) is 10.4. The Balaban J connectivity index is 0.00000259. The van der Waals surface area contributed by atoms with Crippen molar-refractivity contribution in [3.05, 3.63) is 58.6 Å². The number of nitrogens with two attached hydrogens (primary N) is 3. The van der Waals surface area contributed by atoms with Gasteiger partial charge in [-0.25, -0.2) is 15.0 Å². The normalized spacial score (nSPS) is 18.8. The van der Waals surface area contributed by atoms with Crippen molar-refractivity contribution in [1.29, 1.82) is 0 Å². The van der Waals surface area contributed by atoms with Crippen molar-refractivity contribution in [1.82, 2.24) is 15.0 Å². The fourth-order valence-corrected chi connectivity index (χ4v) is 5.81. The number of aromatic nitrogens is 3. The second-order valence-corrected chi connectivity index (χ2v) is 9.75. The molecule has 1 aromatic carbocycles. The number of halogens is 3. The van der Waals surface area contributed by atoms with Gasteiger partial charge < -0.3 is 22.1 Å². The molecule has 0 unspecified atom stereocenters. The van der Waals surface area contributed by atoms with E-state index in [1.165, 1.54) is 17.3 Å². The lowest BCUT2D eigenvalue weighted by Crippen LogP contribution is -2.45. The molecule has 1 aliphatic heterocycles. The van der Waals surface area contributed by atoms with Gasteiger partial charge in [-0.1, -0.05) is 47.6 Å². The molecule has 2 aromatic heterocycles. The van der Waals surface area contributed by atoms with Crippen LogP contribution in [0, 0.1) is 11.4 Å². The molecular weight excluding hydrogens is 529 g/mol. The zero-order valence-electron chi connectivity index (χ0n) is 17.7. The third-order valence-electron chi connectivity index (χ3n) is 6.57. The summed E-state index contributed by atoms with van der Waals surface area (Å²) in [5.41, 5.74) is 21.1. The molecule has 3 heterocycles. The van der Waals surface area contributed by atoms with Crippen molar-refractivity contribution in [2.45, 2.75) is 35.2 Å². The van der Waals surface area contributed by atoms with E-state index in [4.69, 9.17) is 28.8 Å². The predicted molar refractivity (Wildman–Crippen MR) is 135 cm³/mol. The van der Waals surface area contributed by atoms with E-state index in [1.807, 2.05) is 11.0 Å². The van der Waals surface area contributed by atoms with Crippen LogP contribution >= 0.6 is 40.3 Å². The summed E-state index contributed by atoms with van der Waals surface area (Å²) in [5.74, 6) is -0.154. The lowest BCUT2D eigenvalue weighted by Gasteiger charge is -2.42. The van der Waals surface area contributed by atoms with Crippen LogP contribution < -0.4 is 22.1 Å². The fraction of sp³-hybridized carbons (Fsp3) is 0.318. The summed E-state index contributed by atoms with van der Waals surface area (Å²) in [6.07, 6.45) is 4.19. The highest BCUT2D eigenvalue weighted by Crippen LogP contribution is 2.51. The highest BCUT2D eigenvalue weighted by atomic mass is 79.9. The second kappa shape index (κ2) is 9.25. The van der Waals surface area contributed by atoms with Crippen molar-refractivity contribution < 1.29 is 4.39 Å². The Kier molecular flexibility index (Phi) is 6.73. The van der Waals surface area contributed by atoms with E-state index < -0.39 is 5.95 Å². The van der Waals surface area contributed by atoms with Gasteiger partial charge in [0.05, 0.1) is 5.02 Å². The molecule has 3 aromatic rings. The van der Waals surface area contributed by atoms with Crippen molar-refractivity contribution in [3.8, 4) is 0 Å². The van der Waals surface area contributed by atoms with Crippen molar-refractivity contribution in [2.75, 3.05) is 29.5 Å². The van der Waals surface area contributed by atoms with Crippen LogP contribution in [-0.2, 0) is 6.42 Å². The molecule has 11 heteroatoms. The molecule has 1 saturated heterocycles. The Hall–Kier alpha value is -2.14. The Morgan fingerprint density at radius 1 is 1.09 bits per heavy atom. The van der Waals surface area contributed by atoms with Crippen molar-refractivity contribution >= 4 is 57.8 Å². The maximum Gasteiger partial charge on any atom is 0.257 e. The van der Waals surface area contributed by atoms with E-state index >= 15 is 0 Å². The number of piperidine rings is 1. The van der Waals surface area contributed by atoms with Gasteiger partial charge in [-0.3, -0.25) is 0 Å². The van der Waals surface area contributed by atoms with Gasteiger partial charge in [-0.05, 0) is 41.9 Å². The van der Waals surface area contributed by atoms with Gasteiger partial charge in [-0.15, -0.1) is 17.0 Å². The minimum absolute atomic E-state index is 0. The standard InChI is InChI=1S/C22H23ClFN7S.BrH/c23-15-14(5-8-28-18(15)26)32-21-19(27)30-20(17(24)29-21)31-9-6-22(7-10-31)11-12-3-1-2-4-13(12)16(22)25;/h1-5,8,16H,6-7,9-11,25H2,(H2,26,28)(H2,27,30);1H/t16-;/m1./s1. The third kappa shape index (κ3) is 4.25. The van der Waals surface area contributed by atoms with Gasteiger partial charge in [0.2, 0.25) is 0 Å². The highest BCUT2D eigenvalue weighted by Gasteiger charge is 2.46. The van der Waals surface area contributed by atoms with Gasteiger partial charge in [-0.2, -0.15) is 4.39 Å². The number of nitrogens with zero attached hydrogens (tertiary/aromatic N) is 4. The van der Waals surface area contributed by atoms with E-state index in [2.05, 4.69) is 33.2 Å². The monoisotopic (exact) mass is 551 g/mol. The van der Waals surface area contributed by atoms with Crippen LogP contribution in [0.2, 0.25) is 5.02 Å². The number of nitrogen functional groups attached to an aromatic ring is 2. The first-order chi connectivity index (χ1) is 15.4. The summed E-state index contributed by atoms with van der Waals surface area (Å²) in [4.78, 5) is 14.8. The van der Waals surface area contributed by atoms with Crippen LogP contribution in [0.15, 0.2) is 46.5 Å². The van der Waals surface area contributed by atoms with Crippen molar-refractivity contribution in [3.63, 3.8) is 0 Å². The highest BCUT2D eigenvalue weighted by molar-refractivity contribution is 8.93. The van der Waals surface area contributed by atoms with E-state index in [0.717, 1.165) is 31.0 Å². The third-order valence-corrected chi connectivity index (χ3v) is 8.13. The summed E-state index contributed by atoms with van der Waals surface area (Å²) >= 11 is 7.29. The molecule has 1 atom stereocenters. The second-order valence-electron chi connectivity index (χ2n) is 8.34. The number of hydrogen-bond acceptors (Lipinski definition) is 8. The smallest absolute Gasteiger partial charge is 0.257 e. The molecule has 7 nitrogen and oxygen atoms in total. The molecule has 33 heavy (non-hydrogen) atoms. The molecule has 174 valence electrons. The Morgan fingerprint density at radius 2 is 1.82 bits per heavy atom. The summed E-state index contributed by atoms with van der Waals surface area (Å²) in [7, 11) is 0. The molecule has 0 amide bonds. The molecule has 1 fully saturated rings. The summed E-state index contributed by atoms with van der Waals surface area (Å²) < 4.78 is 15.0. The molecule has 0 bridgehead atoms. The maximum atomic E-state index is 15.0. The number of hydrogen-bond donors (Lipinski definition) is 3. The SMILES string of the molecule is Br.Nc1nc(N2CCC3(CC2)Cc2ccccc2[C@H]3N)c(F)nc1Sc1ccnc(N)c1Cl. The zero-order chi connectivity index (χ0) is 22.5. The largest absolute Gasteiger partial charge is 0.382 e. The summed E-state index contributed by atoms with van der Waals surface area (Å²) in [6.45, 7) is 1.29. The molecule has 0 saturated carbocycles. The quantitative estimate of drug-likeness (QED) is 0.437. The minimum Gasteiger partial charge on any atom is -0.382 e. The first kappa shape index (κ1) is 24.0. The van der Waals surface area contributed by atoms with Crippen LogP contribution in [0.1, 0.15) is 30.0 Å². The average molecular weight is 553 g/mol. The number of benzene rings is 1. The minimum atomic E-state index is -0.658. The number of fused-ring (bicyclic) bond motifs is 1. The van der Waals surface area contributed by atoms with Crippen LogP contribution in [-0.4, -0.2) is 28.0 Å². The Morgan fingerprint density at radius 3 is 2.55 bits per heavy atom. The molecule has 5 rings (SSSR count). The topological polar surface area (TPSA) is 120 Å². The fourth-order valence-electron chi connectivity index (χ4n) is 4.77. The number of anilines is 3. The van der Waals surface area contributed by atoms with E-state index in [9.17, 15) is 4.39 Å². The lowest BCUT2D eigenvalue weighted by atomic mass is 9.73. The lowest BCUT2D eigenvalue weighted by molar-refractivity contribution is 0.186. The number of pyridine rings is 1. The Labute approximate surface area is 211 Å². The molecule has 0 radical (unpaired) electrons. The zero-order valence-corrected chi connectivity index (χ0v) is 21.0. The van der Waals surface area contributed by atoms with Gasteiger partial charge in [0.1, 0.15) is 10.8 Å². The van der Waals surface area contributed by atoms with Crippen LogP contribution in [0.3, 0.4) is 0 Å². The summed E-state index contributed by atoms with van der Waals surface area (Å²) in [5, 5.41) is 0.513. The molecule has 2 aliphatic rings. The van der Waals surface area contributed by atoms with Crippen LogP contribution in [0.5, 0.6) is 0 Å². The average Bonchev–Trinajstić information content (AvgIpc) is 3.06. The Bertz CT molecular complexity index is 1190. The van der Waals surface area contributed by atoms with Crippen molar-refractivity contribution in [2.24, 2.45) is 11.1 Å². The van der Waals surface area contributed by atoms with Gasteiger partial charge in [0, 0.05) is 30.2 Å². The summed E-state index contributed by atoms with van der Waals surface area (Å²) in [6, 6.07) is 10.0. The van der Waals surface area contributed by atoms with Gasteiger partial charge in [0.15, 0.2) is 11.6 Å². The molecule has 6 N–H and O–H groups in total. The van der Waals surface area contributed by atoms with Crippen LogP contribution in [0.4, 0.5) is 21.8 Å². The molecule has 1 aliphatic carbocycles. The van der Waals surface area contributed by atoms with Gasteiger partial charge >= 0.3 is 0 Å². The van der Waals surface area contributed by atoms with Crippen LogP contribution in [0.25, 0.3) is 0 Å². The molecular formula is C22H24BrClFN7S. The maximum absolute atomic E-state index is 15.0. The van der Waals surface area contributed by atoms with E-state index in [1.54, 1.807) is 6.07 Å². The van der Waals surface area contributed by atoms with E-state index in [0.29, 0.717) is 18.0 Å². The number of rotatable bonds is 3. The first-order valence-corrected chi connectivity index (χ1v) is 11.6. The predicted octanol–water partition coefficient (Wildman–Crippen LogP) is 4.40.